The van der Waals surface area contributed by atoms with Crippen LogP contribution in [0, 0.1) is 5.82 Å². The highest BCUT2D eigenvalue weighted by atomic mass is 32.2. The lowest BCUT2D eigenvalue weighted by Crippen LogP contribution is -2.30. The summed E-state index contributed by atoms with van der Waals surface area (Å²) in [7, 11) is 0. The van der Waals surface area contributed by atoms with E-state index >= 15 is 0 Å². The minimum Gasteiger partial charge on any atom is -0.379 e. The van der Waals surface area contributed by atoms with E-state index in [1.165, 1.54) is 17.8 Å². The Morgan fingerprint density at radius 3 is 3.04 bits per heavy atom. The Balaban J connectivity index is 1.50. The fourth-order valence-electron chi connectivity index (χ4n) is 3.34. The lowest BCUT2D eigenvalue weighted by atomic mass is 9.89. The Bertz CT molecular complexity index is 959. The summed E-state index contributed by atoms with van der Waals surface area (Å²) in [6.45, 7) is 1.86. The molecule has 0 aliphatic carbocycles. The van der Waals surface area contributed by atoms with E-state index in [0.29, 0.717) is 35.0 Å². The molecule has 9 heteroatoms. The fraction of sp³-hybridized carbons (Fsp3) is 0.316. The molecule has 2 aromatic rings. The second-order valence-electron chi connectivity index (χ2n) is 6.93. The van der Waals surface area contributed by atoms with Crippen LogP contribution in [-0.4, -0.2) is 22.5 Å². The molecule has 6 nitrogen and oxygen atoms in total. The standard InChI is InChI=1S/C19H20FN5OS2/c1-19(6-8-28-18(21)23-19)12-9-11(4-5-13(12)20)22-17(26)15-10-14(24-25-15)16-3-2-7-27-16/h2-5,7,9,14,24H,6,8,10H2,1H3,(H2,21,23)(H,22,26). The maximum absolute atomic E-state index is 14.5. The molecule has 3 heterocycles. The van der Waals surface area contributed by atoms with Gasteiger partial charge in [-0.3, -0.25) is 9.79 Å². The second kappa shape index (κ2) is 7.56. The SMILES string of the molecule is CC1(c2cc(NC(=O)C3=NNC(c4cccs4)C3)ccc2F)CCSC(N)=N1. The van der Waals surface area contributed by atoms with E-state index in [-0.39, 0.29) is 17.8 Å². The van der Waals surface area contributed by atoms with Crippen molar-refractivity contribution in [2.24, 2.45) is 15.8 Å². The molecule has 2 aliphatic rings. The van der Waals surface area contributed by atoms with Crippen LogP contribution in [0.3, 0.4) is 0 Å². The maximum Gasteiger partial charge on any atom is 0.271 e. The molecule has 0 radical (unpaired) electrons. The Morgan fingerprint density at radius 2 is 2.29 bits per heavy atom. The van der Waals surface area contributed by atoms with Crippen LogP contribution in [0.25, 0.3) is 0 Å². The molecule has 4 rings (SSSR count). The van der Waals surface area contributed by atoms with Gasteiger partial charge in [-0.05, 0) is 43.0 Å². The van der Waals surface area contributed by atoms with Crippen molar-refractivity contribution >= 4 is 45.6 Å². The zero-order chi connectivity index (χ0) is 19.7. The first-order valence-electron chi connectivity index (χ1n) is 8.89. The molecule has 1 aromatic carbocycles. The molecule has 0 saturated carbocycles. The Hall–Kier alpha value is -2.39. The molecule has 0 fully saturated rings. The Kier molecular flexibility index (Phi) is 5.11. The molecular weight excluding hydrogens is 397 g/mol. The summed E-state index contributed by atoms with van der Waals surface area (Å²) >= 11 is 3.09. The largest absolute Gasteiger partial charge is 0.379 e. The summed E-state index contributed by atoms with van der Waals surface area (Å²) in [6, 6.07) is 8.54. The zero-order valence-electron chi connectivity index (χ0n) is 15.2. The Morgan fingerprint density at radius 1 is 1.43 bits per heavy atom. The van der Waals surface area contributed by atoms with Crippen molar-refractivity contribution < 1.29 is 9.18 Å². The molecule has 2 aliphatic heterocycles. The van der Waals surface area contributed by atoms with Crippen LogP contribution in [-0.2, 0) is 10.3 Å². The first kappa shape index (κ1) is 18.9. The monoisotopic (exact) mass is 417 g/mol. The van der Waals surface area contributed by atoms with Gasteiger partial charge < -0.3 is 16.5 Å². The molecule has 1 aromatic heterocycles. The van der Waals surface area contributed by atoms with Crippen LogP contribution in [0.4, 0.5) is 10.1 Å². The van der Waals surface area contributed by atoms with E-state index in [1.54, 1.807) is 23.5 Å². The second-order valence-corrected chi connectivity index (χ2v) is 9.03. The predicted octanol–water partition coefficient (Wildman–Crippen LogP) is 3.58. The van der Waals surface area contributed by atoms with E-state index in [0.717, 1.165) is 10.6 Å². The molecule has 146 valence electrons. The number of carbonyl (C=O) groups is 1. The number of aliphatic imine (C=N–C) groups is 1. The maximum atomic E-state index is 14.5. The summed E-state index contributed by atoms with van der Waals surface area (Å²) < 4.78 is 14.5. The minimum absolute atomic E-state index is 0.0143. The van der Waals surface area contributed by atoms with E-state index in [2.05, 4.69) is 20.8 Å². The van der Waals surface area contributed by atoms with Gasteiger partial charge >= 0.3 is 0 Å². The van der Waals surface area contributed by atoms with Crippen LogP contribution in [0.15, 0.2) is 45.8 Å². The molecule has 1 amide bonds. The van der Waals surface area contributed by atoms with Gasteiger partial charge in [0.15, 0.2) is 5.17 Å². The van der Waals surface area contributed by atoms with Crippen LogP contribution < -0.4 is 16.5 Å². The van der Waals surface area contributed by atoms with E-state index in [1.807, 2.05) is 24.4 Å². The number of nitrogens with zero attached hydrogens (tertiary/aromatic N) is 2. The van der Waals surface area contributed by atoms with E-state index in [9.17, 15) is 9.18 Å². The first-order chi connectivity index (χ1) is 13.4. The van der Waals surface area contributed by atoms with Gasteiger partial charge in [-0.1, -0.05) is 17.8 Å². The number of amides is 1. The number of anilines is 1. The third-order valence-electron chi connectivity index (χ3n) is 4.90. The Labute approximate surface area is 170 Å². The van der Waals surface area contributed by atoms with E-state index < -0.39 is 5.54 Å². The van der Waals surface area contributed by atoms with Gasteiger partial charge in [-0.15, -0.1) is 11.3 Å². The third kappa shape index (κ3) is 3.77. The summed E-state index contributed by atoms with van der Waals surface area (Å²) in [5.74, 6) is 0.118. The normalized spacial score (nSPS) is 24.3. The number of hydrogen-bond acceptors (Lipinski definition) is 7. The van der Waals surface area contributed by atoms with Crippen LogP contribution in [0.2, 0.25) is 0 Å². The van der Waals surface area contributed by atoms with Crippen molar-refractivity contribution in [2.75, 3.05) is 11.1 Å². The zero-order valence-corrected chi connectivity index (χ0v) is 16.9. The number of amidine groups is 1. The van der Waals surface area contributed by atoms with Crippen molar-refractivity contribution in [3.05, 3.63) is 52.0 Å². The van der Waals surface area contributed by atoms with Crippen LogP contribution in [0.1, 0.15) is 36.2 Å². The number of thiophene rings is 1. The number of halogens is 1. The van der Waals surface area contributed by atoms with Crippen LogP contribution >= 0.6 is 23.1 Å². The highest BCUT2D eigenvalue weighted by Crippen LogP contribution is 2.37. The average Bonchev–Trinajstić information content (AvgIpc) is 3.34. The number of rotatable bonds is 4. The smallest absolute Gasteiger partial charge is 0.271 e. The molecule has 4 N–H and O–H groups in total. The van der Waals surface area contributed by atoms with Gasteiger partial charge in [-0.25, -0.2) is 4.39 Å². The van der Waals surface area contributed by atoms with Gasteiger partial charge in [0.05, 0.1) is 11.6 Å². The van der Waals surface area contributed by atoms with Gasteiger partial charge in [0, 0.05) is 28.3 Å². The van der Waals surface area contributed by atoms with Gasteiger partial charge in [0.2, 0.25) is 0 Å². The lowest BCUT2D eigenvalue weighted by Gasteiger charge is -2.30. The summed E-state index contributed by atoms with van der Waals surface area (Å²) in [5, 5.41) is 9.44. The number of benzene rings is 1. The van der Waals surface area contributed by atoms with Crippen molar-refractivity contribution in [3.8, 4) is 0 Å². The average molecular weight is 418 g/mol. The summed E-state index contributed by atoms with van der Waals surface area (Å²) in [4.78, 5) is 18.2. The van der Waals surface area contributed by atoms with Crippen molar-refractivity contribution in [1.82, 2.24) is 5.43 Å². The van der Waals surface area contributed by atoms with Crippen LogP contribution in [0.5, 0.6) is 0 Å². The van der Waals surface area contributed by atoms with Gasteiger partial charge in [0.1, 0.15) is 11.5 Å². The lowest BCUT2D eigenvalue weighted by molar-refractivity contribution is -0.110. The van der Waals surface area contributed by atoms with E-state index in [4.69, 9.17) is 5.73 Å². The molecule has 0 bridgehead atoms. The number of nitrogens with one attached hydrogen (secondary N) is 2. The number of hydrazone groups is 1. The summed E-state index contributed by atoms with van der Waals surface area (Å²) in [6.07, 6.45) is 1.18. The predicted molar refractivity (Wildman–Crippen MR) is 113 cm³/mol. The quantitative estimate of drug-likeness (QED) is 0.709. The number of carbonyl (C=O) groups excluding carboxylic acids is 1. The highest BCUT2D eigenvalue weighted by Gasteiger charge is 2.32. The summed E-state index contributed by atoms with van der Waals surface area (Å²) in [5.41, 5.74) is 9.48. The minimum atomic E-state index is -0.739. The molecule has 0 saturated heterocycles. The molecule has 0 spiro atoms. The highest BCUT2D eigenvalue weighted by molar-refractivity contribution is 8.13. The number of hydrogen-bond donors (Lipinski definition) is 3. The van der Waals surface area contributed by atoms with Gasteiger partial charge in [0.25, 0.3) is 5.91 Å². The first-order valence-corrected chi connectivity index (χ1v) is 10.8. The molecule has 2 unspecified atom stereocenters. The van der Waals surface area contributed by atoms with Crippen molar-refractivity contribution in [3.63, 3.8) is 0 Å². The number of thioether (sulfide) groups is 1. The van der Waals surface area contributed by atoms with Gasteiger partial charge in [-0.2, -0.15) is 5.10 Å². The fourth-order valence-corrected chi connectivity index (χ4v) is 5.08. The van der Waals surface area contributed by atoms with Crippen molar-refractivity contribution in [1.29, 1.82) is 0 Å². The van der Waals surface area contributed by atoms with Crippen molar-refractivity contribution in [2.45, 2.75) is 31.3 Å². The molecular formula is C19H20FN5OS2. The number of nitrogens with two attached hydrogens (primary N) is 1. The molecule has 28 heavy (non-hydrogen) atoms. The third-order valence-corrected chi connectivity index (χ3v) is 6.68. The topological polar surface area (TPSA) is 91.9 Å². The molecule has 2 atom stereocenters.